The zero-order chi connectivity index (χ0) is 13.4. The monoisotopic (exact) mass is 265 g/mol. The number of anilines is 1. The SMILES string of the molecule is CCN(CC)CCCNc1cccc(Cl)c1C#N. The highest BCUT2D eigenvalue weighted by Crippen LogP contribution is 2.22. The van der Waals surface area contributed by atoms with Gasteiger partial charge in [0.2, 0.25) is 0 Å². The molecule has 4 heteroatoms. The number of benzene rings is 1. The molecule has 1 N–H and O–H groups in total. The Morgan fingerprint density at radius 1 is 1.33 bits per heavy atom. The molecule has 0 saturated heterocycles. The second-order valence-electron chi connectivity index (χ2n) is 4.08. The van der Waals surface area contributed by atoms with Crippen LogP contribution in [-0.4, -0.2) is 31.1 Å². The molecule has 1 aromatic carbocycles. The molecular weight excluding hydrogens is 246 g/mol. The molecule has 0 bridgehead atoms. The third kappa shape index (κ3) is 4.21. The van der Waals surface area contributed by atoms with Crippen molar-refractivity contribution in [3.63, 3.8) is 0 Å². The molecule has 1 aromatic rings. The smallest absolute Gasteiger partial charge is 0.103 e. The molecule has 0 aliphatic carbocycles. The summed E-state index contributed by atoms with van der Waals surface area (Å²) in [5.74, 6) is 0. The van der Waals surface area contributed by atoms with Crippen LogP contribution in [0.15, 0.2) is 18.2 Å². The lowest BCUT2D eigenvalue weighted by molar-refractivity contribution is 0.303. The molecule has 18 heavy (non-hydrogen) atoms. The average molecular weight is 266 g/mol. The van der Waals surface area contributed by atoms with E-state index in [0.717, 1.165) is 38.3 Å². The molecule has 0 spiro atoms. The quantitative estimate of drug-likeness (QED) is 0.769. The van der Waals surface area contributed by atoms with Crippen LogP contribution in [0.25, 0.3) is 0 Å². The number of nitrogens with one attached hydrogen (secondary N) is 1. The summed E-state index contributed by atoms with van der Waals surface area (Å²) < 4.78 is 0. The summed E-state index contributed by atoms with van der Waals surface area (Å²) in [6.07, 6.45) is 1.05. The summed E-state index contributed by atoms with van der Waals surface area (Å²) >= 11 is 5.97. The Hall–Kier alpha value is -1.24. The second-order valence-corrected chi connectivity index (χ2v) is 4.49. The van der Waals surface area contributed by atoms with Gasteiger partial charge < -0.3 is 10.2 Å². The highest BCUT2D eigenvalue weighted by molar-refractivity contribution is 6.32. The molecule has 0 amide bonds. The molecule has 0 saturated carbocycles. The number of hydrogen-bond acceptors (Lipinski definition) is 3. The van der Waals surface area contributed by atoms with Gasteiger partial charge in [0, 0.05) is 6.54 Å². The maximum Gasteiger partial charge on any atom is 0.103 e. The Bertz CT molecular complexity index is 408. The first-order valence-electron chi connectivity index (χ1n) is 6.37. The highest BCUT2D eigenvalue weighted by Gasteiger charge is 2.05. The van der Waals surface area contributed by atoms with E-state index in [1.165, 1.54) is 0 Å². The zero-order valence-electron chi connectivity index (χ0n) is 11.0. The summed E-state index contributed by atoms with van der Waals surface area (Å²) in [7, 11) is 0. The largest absolute Gasteiger partial charge is 0.384 e. The lowest BCUT2D eigenvalue weighted by atomic mass is 10.2. The lowest BCUT2D eigenvalue weighted by Crippen LogP contribution is -2.25. The van der Waals surface area contributed by atoms with Crippen molar-refractivity contribution in [3.05, 3.63) is 28.8 Å². The minimum atomic E-state index is 0.506. The summed E-state index contributed by atoms with van der Waals surface area (Å²) in [6.45, 7) is 8.42. The van der Waals surface area contributed by atoms with E-state index in [0.29, 0.717) is 10.6 Å². The lowest BCUT2D eigenvalue weighted by Gasteiger charge is -2.18. The van der Waals surface area contributed by atoms with Gasteiger partial charge in [0.15, 0.2) is 0 Å². The summed E-state index contributed by atoms with van der Waals surface area (Å²) in [4.78, 5) is 2.38. The topological polar surface area (TPSA) is 39.1 Å². The van der Waals surface area contributed by atoms with Gasteiger partial charge in [-0.2, -0.15) is 5.26 Å². The predicted octanol–water partition coefficient (Wildman–Crippen LogP) is 3.36. The van der Waals surface area contributed by atoms with Gasteiger partial charge in [-0.05, 0) is 38.2 Å². The Morgan fingerprint density at radius 2 is 2.06 bits per heavy atom. The van der Waals surface area contributed by atoms with E-state index in [2.05, 4.69) is 30.1 Å². The van der Waals surface area contributed by atoms with E-state index in [1.807, 2.05) is 12.1 Å². The van der Waals surface area contributed by atoms with Crippen molar-refractivity contribution in [1.29, 1.82) is 5.26 Å². The fraction of sp³-hybridized carbons (Fsp3) is 0.500. The van der Waals surface area contributed by atoms with Crippen molar-refractivity contribution in [2.24, 2.45) is 0 Å². The van der Waals surface area contributed by atoms with Crippen molar-refractivity contribution in [2.45, 2.75) is 20.3 Å². The standard InChI is InChI=1S/C14H20ClN3/c1-3-18(4-2)10-6-9-17-14-8-5-7-13(15)12(14)11-16/h5,7-8,17H,3-4,6,9-10H2,1-2H3. The van der Waals surface area contributed by atoms with Crippen LogP contribution in [0, 0.1) is 11.3 Å². The normalized spacial score (nSPS) is 10.4. The van der Waals surface area contributed by atoms with Crippen LogP contribution in [-0.2, 0) is 0 Å². The summed E-state index contributed by atoms with van der Waals surface area (Å²) in [5, 5.41) is 12.8. The molecule has 0 aliphatic heterocycles. The fourth-order valence-electron chi connectivity index (χ4n) is 1.85. The average Bonchev–Trinajstić information content (AvgIpc) is 2.39. The first-order valence-corrected chi connectivity index (χ1v) is 6.75. The van der Waals surface area contributed by atoms with E-state index in [9.17, 15) is 0 Å². The van der Waals surface area contributed by atoms with Crippen molar-refractivity contribution < 1.29 is 0 Å². The van der Waals surface area contributed by atoms with Crippen LogP contribution in [0.2, 0.25) is 5.02 Å². The van der Waals surface area contributed by atoms with Crippen molar-refractivity contribution in [3.8, 4) is 6.07 Å². The minimum Gasteiger partial charge on any atom is -0.384 e. The van der Waals surface area contributed by atoms with Gasteiger partial charge in [0.25, 0.3) is 0 Å². The van der Waals surface area contributed by atoms with Crippen LogP contribution < -0.4 is 5.32 Å². The van der Waals surface area contributed by atoms with E-state index in [-0.39, 0.29) is 0 Å². The van der Waals surface area contributed by atoms with Gasteiger partial charge in [-0.25, -0.2) is 0 Å². The Labute approximate surface area is 114 Å². The van der Waals surface area contributed by atoms with Gasteiger partial charge in [0.05, 0.1) is 16.3 Å². The molecule has 0 heterocycles. The van der Waals surface area contributed by atoms with Crippen LogP contribution in [0.5, 0.6) is 0 Å². The van der Waals surface area contributed by atoms with Crippen LogP contribution >= 0.6 is 11.6 Å². The number of rotatable bonds is 7. The van der Waals surface area contributed by atoms with Crippen LogP contribution in [0.1, 0.15) is 25.8 Å². The van der Waals surface area contributed by atoms with E-state index in [1.54, 1.807) is 6.07 Å². The van der Waals surface area contributed by atoms with Gasteiger partial charge in [0.1, 0.15) is 6.07 Å². The van der Waals surface area contributed by atoms with Crippen molar-refractivity contribution in [1.82, 2.24) is 4.90 Å². The maximum atomic E-state index is 9.04. The molecule has 0 unspecified atom stereocenters. The Balaban J connectivity index is 2.45. The summed E-state index contributed by atoms with van der Waals surface area (Å²) in [5.41, 5.74) is 1.35. The van der Waals surface area contributed by atoms with Crippen LogP contribution in [0.4, 0.5) is 5.69 Å². The van der Waals surface area contributed by atoms with Crippen LogP contribution in [0.3, 0.4) is 0 Å². The van der Waals surface area contributed by atoms with E-state index in [4.69, 9.17) is 16.9 Å². The molecule has 98 valence electrons. The maximum absolute atomic E-state index is 9.04. The molecule has 0 fully saturated rings. The fourth-order valence-corrected chi connectivity index (χ4v) is 2.07. The number of hydrogen-bond donors (Lipinski definition) is 1. The number of nitriles is 1. The van der Waals surface area contributed by atoms with E-state index >= 15 is 0 Å². The first kappa shape index (κ1) is 14.8. The first-order chi connectivity index (χ1) is 8.72. The highest BCUT2D eigenvalue weighted by atomic mass is 35.5. The van der Waals surface area contributed by atoms with Gasteiger partial charge in [-0.15, -0.1) is 0 Å². The molecule has 0 aromatic heterocycles. The second kappa shape index (κ2) is 7.97. The molecule has 0 radical (unpaired) electrons. The van der Waals surface area contributed by atoms with Gasteiger partial charge in [-0.1, -0.05) is 31.5 Å². The molecule has 0 aliphatic rings. The summed E-state index contributed by atoms with van der Waals surface area (Å²) in [6, 6.07) is 7.62. The third-order valence-corrected chi connectivity index (χ3v) is 3.30. The van der Waals surface area contributed by atoms with Crippen molar-refractivity contribution in [2.75, 3.05) is 31.5 Å². The molecule has 0 atom stereocenters. The minimum absolute atomic E-state index is 0.506. The Kier molecular flexibility index (Phi) is 6.56. The molecule has 1 rings (SSSR count). The van der Waals surface area contributed by atoms with Gasteiger partial charge in [-0.3, -0.25) is 0 Å². The van der Waals surface area contributed by atoms with Crippen molar-refractivity contribution >= 4 is 17.3 Å². The number of halogens is 1. The Morgan fingerprint density at radius 3 is 2.67 bits per heavy atom. The number of nitrogens with zero attached hydrogens (tertiary/aromatic N) is 2. The predicted molar refractivity (Wildman–Crippen MR) is 77.1 cm³/mol. The van der Waals surface area contributed by atoms with Gasteiger partial charge >= 0.3 is 0 Å². The third-order valence-electron chi connectivity index (χ3n) is 2.99. The molecular formula is C14H20ClN3. The zero-order valence-corrected chi connectivity index (χ0v) is 11.8. The molecule has 3 nitrogen and oxygen atoms in total. The van der Waals surface area contributed by atoms with E-state index < -0.39 is 0 Å².